The Morgan fingerprint density at radius 3 is 1.25 bits per heavy atom. The van der Waals surface area contributed by atoms with Crippen molar-refractivity contribution in [3.63, 3.8) is 0 Å². The SMILES string of the molecule is CCC1=C(C)c2nc1cc1[nH]c(c(C)c1CC)c(-c1cccc(C(=O)O[C@@H]3CC[C@@]4(C)[C@@H](C3)C[C@@H](O)[C@@H]3[C@@H]4C[C@H](OC(=O)C(F)(F)F)[C@]4(C)[C@@H]([C@H](C)CCC(=O)O)CC[C@@H]34)c1)c1[nH]c(cc3nc(c2-c2cccc(C(=O)O[C@@H]4CC[C@@]5(C)[C@@H](C4)C[C@@H](O)[C@@H]4[C@@H]5C[C@H](OC(=O)C(F)(F)F)[C@]5(C)[C@@H]([C@H](C)CCC(=O)O)CC[C@@H]45)c2)C(C)=C3CC)c(CC)c1C. The topological polar surface area (TPSA) is 278 Å². The number of H-pyrrole nitrogens is 2. The van der Waals surface area contributed by atoms with E-state index < -0.39 is 106 Å². The standard InChI is InChI=1S/C98H120F6N4O14/c1-15-61-49(7)85-81(53-21-19-23-55(37-53)89(115)119-59-33-35-93(11)57(39-59)41-75(109)83-67-29-27-65(47(5)25-31-79(111)112)95(67,13)77(43-69(83)93)121-91(117)97(99,100)101)86-51(9)63(17-3)73(107-86)46-74-64(18-4)52(10)88(108-74)82(87-50(8)62(16-2)72(106-87)45-71(61)105-85)54-22-20-24-56(38-54)90(116)120-60-34-36-94(12)58(40-60)42-76(110)84-68-30-28-66(48(6)26-32-80(113)114)96(68,14)78(44-70(84)94)122-92(118)98(102,103)104/h19-24,37-38,45-48,57-60,65-70,75-78,83-84,105,107,109-110H,15-18,25-36,39-44H2,1-14H3,(H,111,112)(H,113,114)/t47-,48-,57+,58+,59-,60-,65-,66-,67+,68+,69+,70+,75-,76-,77+,78+,83+,84+,93+,94+,95-,96-/m1/s1. The van der Waals surface area contributed by atoms with Crippen LogP contribution in [-0.4, -0.2) is 125 Å². The number of carbonyl (C=O) groups excluding carboxylic acids is 4. The Bertz CT molecular complexity index is 5130. The number of aryl methyl sites for hydroxylation is 4. The van der Waals surface area contributed by atoms with Crippen LogP contribution >= 0.6 is 0 Å². The van der Waals surface area contributed by atoms with E-state index in [2.05, 4.69) is 91.3 Å². The Morgan fingerprint density at radius 1 is 0.500 bits per heavy atom. The van der Waals surface area contributed by atoms with Gasteiger partial charge in [-0.3, -0.25) is 9.59 Å². The number of carbonyl (C=O) groups is 6. The minimum absolute atomic E-state index is 0.105. The second-order valence-electron chi connectivity index (χ2n) is 38.9. The maximum absolute atomic E-state index is 15.0. The van der Waals surface area contributed by atoms with Crippen LogP contribution < -0.4 is 0 Å². The number of aliphatic carboxylic acids is 2. The number of alkyl halides is 6. The van der Waals surface area contributed by atoms with Crippen LogP contribution in [-0.2, 0) is 51.0 Å². The molecule has 10 aliphatic rings. The van der Waals surface area contributed by atoms with Gasteiger partial charge in [0.15, 0.2) is 0 Å². The number of hydrogen-bond donors (Lipinski definition) is 6. The molecule has 22 atom stereocenters. The van der Waals surface area contributed by atoms with Gasteiger partial charge in [0.05, 0.1) is 57.1 Å². The first kappa shape index (κ1) is 88.2. The fourth-order valence-electron chi connectivity index (χ4n) is 27.2. The number of aromatic amines is 2. The molecule has 8 aliphatic carbocycles. The number of halogens is 6. The summed E-state index contributed by atoms with van der Waals surface area (Å²) in [6, 6.07) is 19.1. The first-order valence-corrected chi connectivity index (χ1v) is 44.8. The smallest absolute Gasteiger partial charge is 0.481 e. The molecule has 5 aromatic rings. The predicted octanol–water partition coefficient (Wildman–Crippen LogP) is 21.6. The normalized spacial score (nSPS) is 32.2. The average molecular weight is 1690 g/mol. The van der Waals surface area contributed by atoms with Crippen molar-refractivity contribution in [2.45, 2.75) is 287 Å². The van der Waals surface area contributed by atoms with Gasteiger partial charge < -0.3 is 49.3 Å². The Kier molecular flexibility index (Phi) is 23.9. The van der Waals surface area contributed by atoms with Crippen LogP contribution in [0, 0.1) is 107 Å². The molecule has 8 fully saturated rings. The molecule has 122 heavy (non-hydrogen) atoms. The van der Waals surface area contributed by atoms with Gasteiger partial charge in [0.2, 0.25) is 0 Å². The number of aliphatic hydroxyl groups is 2. The van der Waals surface area contributed by atoms with Gasteiger partial charge in [-0.2, -0.15) is 26.3 Å². The van der Waals surface area contributed by atoms with E-state index in [4.69, 9.17) is 28.9 Å². The van der Waals surface area contributed by atoms with Crippen molar-refractivity contribution in [3.8, 4) is 22.3 Å². The summed E-state index contributed by atoms with van der Waals surface area (Å²) in [5.41, 5.74) is 15.0. The van der Waals surface area contributed by atoms with E-state index in [1.807, 2.05) is 64.1 Å². The van der Waals surface area contributed by atoms with Gasteiger partial charge in [-0.05, 0) is 330 Å². The maximum atomic E-state index is 15.0. The fourth-order valence-corrected chi connectivity index (χ4v) is 27.2. The molecule has 24 heteroatoms. The van der Waals surface area contributed by atoms with Gasteiger partial charge in [0.1, 0.15) is 24.4 Å². The lowest BCUT2D eigenvalue weighted by molar-refractivity contribution is -0.239. The molecule has 5 heterocycles. The van der Waals surface area contributed by atoms with Crippen molar-refractivity contribution in [1.29, 1.82) is 0 Å². The minimum Gasteiger partial charge on any atom is -0.481 e. The highest BCUT2D eigenvalue weighted by Crippen LogP contribution is 2.72. The van der Waals surface area contributed by atoms with Crippen LogP contribution in [0.1, 0.15) is 277 Å². The molecule has 0 unspecified atom stereocenters. The van der Waals surface area contributed by atoms with Crippen LogP contribution in [0.25, 0.3) is 66.6 Å². The van der Waals surface area contributed by atoms with Gasteiger partial charge in [-0.1, -0.05) is 93.5 Å². The molecule has 18 nitrogen and oxygen atoms in total. The van der Waals surface area contributed by atoms with Crippen LogP contribution in [0.15, 0.2) is 60.7 Å². The van der Waals surface area contributed by atoms with E-state index >= 15 is 9.59 Å². The van der Waals surface area contributed by atoms with Gasteiger partial charge in [0.25, 0.3) is 0 Å². The fraction of sp³-hybridized carbons (Fsp3) is 0.612. The lowest BCUT2D eigenvalue weighted by Crippen LogP contribution is -2.63. The van der Waals surface area contributed by atoms with Crippen molar-refractivity contribution in [3.05, 3.63) is 117 Å². The Morgan fingerprint density at radius 2 is 0.885 bits per heavy atom. The number of rotatable bonds is 20. The third-order valence-electron chi connectivity index (χ3n) is 33.3. The number of carboxylic acid groups (broad SMARTS) is 2. The zero-order valence-electron chi connectivity index (χ0n) is 72.8. The monoisotopic (exact) mass is 1690 g/mol. The largest absolute Gasteiger partial charge is 0.490 e. The van der Waals surface area contributed by atoms with Crippen LogP contribution in [0.2, 0.25) is 0 Å². The number of aromatic nitrogens is 4. The van der Waals surface area contributed by atoms with Crippen molar-refractivity contribution in [1.82, 2.24) is 19.9 Å². The number of benzene rings is 2. The van der Waals surface area contributed by atoms with Crippen LogP contribution in [0.5, 0.6) is 0 Å². The second-order valence-corrected chi connectivity index (χ2v) is 38.9. The third-order valence-corrected chi connectivity index (χ3v) is 33.3. The van der Waals surface area contributed by atoms with Gasteiger partial charge in [-0.15, -0.1) is 0 Å². The number of fused-ring (bicyclic) bond motifs is 18. The molecular formula is C98H120F6N4O14. The molecule has 0 amide bonds. The third kappa shape index (κ3) is 15.1. The molecule has 0 saturated heterocycles. The lowest BCUT2D eigenvalue weighted by Gasteiger charge is -2.64. The summed E-state index contributed by atoms with van der Waals surface area (Å²) in [5.74, 6) is -10.6. The zero-order valence-corrected chi connectivity index (χ0v) is 72.8. The number of allylic oxidation sites excluding steroid dienone is 4. The molecular weight excluding hydrogens is 1570 g/mol. The van der Waals surface area contributed by atoms with E-state index in [0.717, 1.165) is 94.7 Å². The molecule has 2 aromatic carbocycles. The number of esters is 4. The van der Waals surface area contributed by atoms with Crippen LogP contribution in [0.4, 0.5) is 26.3 Å². The molecule has 15 rings (SSSR count). The summed E-state index contributed by atoms with van der Waals surface area (Å²) >= 11 is 0. The molecule has 658 valence electrons. The van der Waals surface area contributed by atoms with E-state index in [1.54, 1.807) is 12.1 Å². The van der Waals surface area contributed by atoms with Crippen molar-refractivity contribution >= 4 is 80.2 Å². The minimum atomic E-state index is -5.23. The summed E-state index contributed by atoms with van der Waals surface area (Å²) in [6.07, 6.45) is -6.32. The van der Waals surface area contributed by atoms with Crippen molar-refractivity contribution in [2.24, 2.45) is 92.7 Å². The quantitative estimate of drug-likeness (QED) is 0.0240. The summed E-state index contributed by atoms with van der Waals surface area (Å²) in [7, 11) is 0. The first-order chi connectivity index (χ1) is 57.6. The lowest BCUT2D eigenvalue weighted by atomic mass is 9.43. The summed E-state index contributed by atoms with van der Waals surface area (Å²) in [4.78, 5) is 98.5. The molecule has 6 N–H and O–H groups in total. The summed E-state index contributed by atoms with van der Waals surface area (Å²) in [5, 5.41) is 44.1. The maximum Gasteiger partial charge on any atom is 0.490 e. The Labute approximate surface area is 710 Å². The second kappa shape index (κ2) is 33.0. The molecule has 3 aromatic heterocycles. The Balaban J connectivity index is 0.736. The predicted molar refractivity (Wildman–Crippen MR) is 452 cm³/mol. The van der Waals surface area contributed by atoms with Gasteiger partial charge in [0, 0.05) is 45.8 Å². The summed E-state index contributed by atoms with van der Waals surface area (Å²) in [6.45, 7) is 28.8. The molecule has 0 spiro atoms. The number of nitrogens with one attached hydrogen (secondary N) is 2. The number of nitrogens with zero attached hydrogens (tertiary/aromatic N) is 2. The van der Waals surface area contributed by atoms with Crippen molar-refractivity contribution < 1.29 is 94.5 Å². The van der Waals surface area contributed by atoms with E-state index in [-0.39, 0.29) is 96.7 Å². The molecule has 8 bridgehead atoms. The van der Waals surface area contributed by atoms with Gasteiger partial charge in [-0.25, -0.2) is 29.1 Å². The highest BCUT2D eigenvalue weighted by atomic mass is 19.4. The number of carboxylic acids is 2. The number of hydrogen-bond acceptors (Lipinski definition) is 14. The van der Waals surface area contributed by atoms with Crippen LogP contribution in [0.3, 0.4) is 0 Å². The number of ether oxygens (including phenoxy) is 4. The molecule has 8 saturated carbocycles. The van der Waals surface area contributed by atoms with E-state index in [9.17, 15) is 65.9 Å². The van der Waals surface area contributed by atoms with Gasteiger partial charge >= 0.3 is 48.2 Å². The highest BCUT2D eigenvalue weighted by molar-refractivity contribution is 6.05. The molecule has 2 aliphatic heterocycles. The average Bonchev–Trinajstić information content (AvgIpc) is 1.28. The number of aliphatic hydroxyl groups excluding tert-OH is 2. The summed E-state index contributed by atoms with van der Waals surface area (Å²) < 4.78 is 110. The van der Waals surface area contributed by atoms with E-state index in [0.29, 0.717) is 144 Å². The molecule has 0 radical (unpaired) electrons. The highest BCUT2D eigenvalue weighted by Gasteiger charge is 2.70. The first-order valence-electron chi connectivity index (χ1n) is 44.8. The Hall–Kier alpha value is -8.64. The van der Waals surface area contributed by atoms with Crippen molar-refractivity contribution in [2.75, 3.05) is 0 Å². The zero-order chi connectivity index (χ0) is 87.8. The van der Waals surface area contributed by atoms with E-state index in [1.165, 1.54) is 0 Å².